The number of carbonyl (C=O) groups is 2. The predicted molar refractivity (Wildman–Crippen MR) is 89.3 cm³/mol. The Morgan fingerprint density at radius 1 is 1.23 bits per heavy atom. The van der Waals surface area contributed by atoms with Crippen LogP contribution in [0.1, 0.15) is 59.8 Å². The predicted octanol–water partition coefficient (Wildman–Crippen LogP) is 1.90. The van der Waals surface area contributed by atoms with Gasteiger partial charge in [-0.25, -0.2) is 0 Å². The Bertz CT molecular complexity index is 362. The molecular formula is C17H33N3O2. The molecule has 0 aromatic heterocycles. The van der Waals surface area contributed by atoms with Gasteiger partial charge in [0.15, 0.2) is 0 Å². The Labute approximate surface area is 135 Å². The third-order valence-corrected chi connectivity index (χ3v) is 4.99. The first-order valence-electron chi connectivity index (χ1n) is 8.67. The largest absolute Gasteiger partial charge is 0.353 e. The van der Waals surface area contributed by atoms with Crippen molar-refractivity contribution in [1.29, 1.82) is 0 Å². The van der Waals surface area contributed by atoms with Crippen LogP contribution in [0.25, 0.3) is 0 Å². The quantitative estimate of drug-likeness (QED) is 0.754. The second-order valence-electron chi connectivity index (χ2n) is 6.92. The van der Waals surface area contributed by atoms with Gasteiger partial charge in [0.1, 0.15) is 0 Å². The van der Waals surface area contributed by atoms with Crippen molar-refractivity contribution in [3.05, 3.63) is 0 Å². The van der Waals surface area contributed by atoms with E-state index in [4.69, 9.17) is 5.73 Å². The standard InChI is InChI=1S/C17H33N3O2/c1-5-17(6-2,12-18)16(22)19-14-7-9-20(10-8-14)15(21)11-13(3)4/h13-14H,5-12,18H2,1-4H3,(H,19,22). The molecule has 1 aliphatic heterocycles. The topological polar surface area (TPSA) is 75.4 Å². The smallest absolute Gasteiger partial charge is 0.227 e. The fourth-order valence-electron chi connectivity index (χ4n) is 3.04. The maximum absolute atomic E-state index is 12.5. The molecule has 22 heavy (non-hydrogen) atoms. The summed E-state index contributed by atoms with van der Waals surface area (Å²) < 4.78 is 0. The molecule has 128 valence electrons. The lowest BCUT2D eigenvalue weighted by molar-refractivity contribution is -0.134. The second kappa shape index (κ2) is 8.51. The Kier molecular flexibility index (Phi) is 7.33. The zero-order valence-corrected chi connectivity index (χ0v) is 14.7. The zero-order valence-electron chi connectivity index (χ0n) is 14.7. The van der Waals surface area contributed by atoms with E-state index >= 15 is 0 Å². The van der Waals surface area contributed by atoms with Gasteiger partial charge in [0.05, 0.1) is 5.41 Å². The number of amides is 2. The fourth-order valence-corrected chi connectivity index (χ4v) is 3.04. The van der Waals surface area contributed by atoms with E-state index in [-0.39, 0.29) is 17.9 Å². The van der Waals surface area contributed by atoms with Crippen LogP contribution in [0, 0.1) is 11.3 Å². The third kappa shape index (κ3) is 4.70. The number of carbonyl (C=O) groups excluding carboxylic acids is 2. The van der Waals surface area contributed by atoms with Gasteiger partial charge in [-0.15, -0.1) is 0 Å². The Balaban J connectivity index is 2.49. The number of nitrogens with two attached hydrogens (primary N) is 1. The van der Waals surface area contributed by atoms with Crippen LogP contribution in [0.15, 0.2) is 0 Å². The van der Waals surface area contributed by atoms with Gasteiger partial charge in [0.2, 0.25) is 11.8 Å². The summed E-state index contributed by atoms with van der Waals surface area (Å²) in [6.45, 7) is 10.0. The van der Waals surface area contributed by atoms with E-state index in [2.05, 4.69) is 19.2 Å². The van der Waals surface area contributed by atoms with Crippen molar-refractivity contribution in [2.45, 2.75) is 65.8 Å². The highest BCUT2D eigenvalue weighted by Gasteiger charge is 2.35. The summed E-state index contributed by atoms with van der Waals surface area (Å²) in [4.78, 5) is 26.5. The van der Waals surface area contributed by atoms with E-state index in [1.54, 1.807) is 0 Å². The summed E-state index contributed by atoms with van der Waals surface area (Å²) in [5.74, 6) is 0.703. The Hall–Kier alpha value is -1.10. The van der Waals surface area contributed by atoms with Crippen LogP contribution in [0.4, 0.5) is 0 Å². The van der Waals surface area contributed by atoms with Gasteiger partial charge in [0.25, 0.3) is 0 Å². The lowest BCUT2D eigenvalue weighted by Gasteiger charge is -2.36. The molecule has 1 aliphatic rings. The molecule has 1 heterocycles. The molecule has 1 rings (SSSR count). The van der Waals surface area contributed by atoms with Crippen molar-refractivity contribution >= 4 is 11.8 Å². The lowest BCUT2D eigenvalue weighted by Crippen LogP contribution is -2.52. The summed E-state index contributed by atoms with van der Waals surface area (Å²) in [7, 11) is 0. The van der Waals surface area contributed by atoms with Crippen molar-refractivity contribution in [2.24, 2.45) is 17.1 Å². The van der Waals surface area contributed by atoms with Gasteiger partial charge in [-0.2, -0.15) is 0 Å². The molecular weight excluding hydrogens is 278 g/mol. The third-order valence-electron chi connectivity index (χ3n) is 4.99. The average molecular weight is 311 g/mol. The normalized spacial score (nSPS) is 16.9. The van der Waals surface area contributed by atoms with Gasteiger partial charge < -0.3 is 16.0 Å². The first-order chi connectivity index (χ1) is 10.4. The van der Waals surface area contributed by atoms with E-state index in [1.165, 1.54) is 0 Å². The Morgan fingerprint density at radius 3 is 2.18 bits per heavy atom. The molecule has 0 aromatic carbocycles. The number of rotatable bonds is 7. The molecule has 0 aromatic rings. The molecule has 0 bridgehead atoms. The van der Waals surface area contributed by atoms with Crippen molar-refractivity contribution in [2.75, 3.05) is 19.6 Å². The van der Waals surface area contributed by atoms with Crippen LogP contribution in [0.3, 0.4) is 0 Å². The molecule has 1 fully saturated rings. The van der Waals surface area contributed by atoms with Gasteiger partial charge in [-0.05, 0) is 31.6 Å². The highest BCUT2D eigenvalue weighted by Crippen LogP contribution is 2.26. The molecule has 3 N–H and O–H groups in total. The summed E-state index contributed by atoms with van der Waals surface area (Å²) in [5, 5.41) is 3.16. The molecule has 5 heteroatoms. The number of hydrogen-bond donors (Lipinski definition) is 2. The number of hydrogen-bond acceptors (Lipinski definition) is 3. The van der Waals surface area contributed by atoms with Crippen LogP contribution >= 0.6 is 0 Å². The van der Waals surface area contributed by atoms with E-state index in [0.29, 0.717) is 18.9 Å². The monoisotopic (exact) mass is 311 g/mol. The minimum absolute atomic E-state index is 0.0759. The molecule has 0 spiro atoms. The molecule has 0 radical (unpaired) electrons. The van der Waals surface area contributed by atoms with E-state index in [0.717, 1.165) is 38.8 Å². The van der Waals surface area contributed by atoms with Crippen molar-refractivity contribution in [3.63, 3.8) is 0 Å². The number of nitrogens with one attached hydrogen (secondary N) is 1. The van der Waals surface area contributed by atoms with Crippen LogP contribution < -0.4 is 11.1 Å². The number of piperidine rings is 1. The van der Waals surface area contributed by atoms with Crippen LogP contribution in [0.2, 0.25) is 0 Å². The van der Waals surface area contributed by atoms with E-state index in [9.17, 15) is 9.59 Å². The molecule has 0 unspecified atom stereocenters. The van der Waals surface area contributed by atoms with Crippen LogP contribution in [-0.2, 0) is 9.59 Å². The molecule has 2 amide bonds. The fraction of sp³-hybridized carbons (Fsp3) is 0.882. The van der Waals surface area contributed by atoms with Crippen LogP contribution in [0.5, 0.6) is 0 Å². The first kappa shape index (κ1) is 18.9. The summed E-state index contributed by atoms with van der Waals surface area (Å²) in [6, 6.07) is 0.166. The minimum Gasteiger partial charge on any atom is -0.353 e. The molecule has 0 atom stereocenters. The van der Waals surface area contributed by atoms with Gasteiger partial charge in [0, 0.05) is 32.1 Å². The molecule has 0 saturated carbocycles. The highest BCUT2D eigenvalue weighted by molar-refractivity contribution is 5.83. The highest BCUT2D eigenvalue weighted by atomic mass is 16.2. The van der Waals surface area contributed by atoms with Crippen molar-refractivity contribution in [3.8, 4) is 0 Å². The first-order valence-corrected chi connectivity index (χ1v) is 8.67. The van der Waals surface area contributed by atoms with Crippen LogP contribution in [-0.4, -0.2) is 42.4 Å². The van der Waals surface area contributed by atoms with Gasteiger partial charge in [-0.1, -0.05) is 27.7 Å². The minimum atomic E-state index is -0.440. The molecule has 5 nitrogen and oxygen atoms in total. The Morgan fingerprint density at radius 2 is 1.77 bits per heavy atom. The number of likely N-dealkylation sites (tertiary alicyclic amines) is 1. The van der Waals surface area contributed by atoms with Gasteiger partial charge in [-0.3, -0.25) is 9.59 Å². The maximum Gasteiger partial charge on any atom is 0.227 e. The number of nitrogens with zero attached hydrogens (tertiary/aromatic N) is 1. The molecule has 1 saturated heterocycles. The zero-order chi connectivity index (χ0) is 16.8. The van der Waals surface area contributed by atoms with Gasteiger partial charge >= 0.3 is 0 Å². The summed E-state index contributed by atoms with van der Waals surface area (Å²) in [5.41, 5.74) is 5.39. The second-order valence-corrected chi connectivity index (χ2v) is 6.92. The average Bonchev–Trinajstić information content (AvgIpc) is 2.49. The lowest BCUT2D eigenvalue weighted by atomic mass is 9.81. The van der Waals surface area contributed by atoms with E-state index < -0.39 is 5.41 Å². The SMILES string of the molecule is CCC(CC)(CN)C(=O)NC1CCN(C(=O)CC(C)C)CC1. The summed E-state index contributed by atoms with van der Waals surface area (Å²) >= 11 is 0. The maximum atomic E-state index is 12.5. The molecule has 0 aliphatic carbocycles. The van der Waals surface area contributed by atoms with Crippen molar-refractivity contribution < 1.29 is 9.59 Å². The van der Waals surface area contributed by atoms with Crippen molar-refractivity contribution in [1.82, 2.24) is 10.2 Å². The summed E-state index contributed by atoms with van der Waals surface area (Å²) in [6.07, 6.45) is 3.81. The van der Waals surface area contributed by atoms with E-state index in [1.807, 2.05) is 18.7 Å².